The lowest BCUT2D eigenvalue weighted by molar-refractivity contribution is -0.118. The van der Waals surface area contributed by atoms with E-state index in [1.54, 1.807) is 19.2 Å². The van der Waals surface area contributed by atoms with E-state index < -0.39 is 0 Å². The molecular formula is C21H15Br2NO4. The van der Waals surface area contributed by atoms with E-state index in [1.807, 2.05) is 42.5 Å². The number of para-hydroxylation sites is 1. The molecule has 1 amide bonds. The normalized spacial score (nSPS) is 11.0. The van der Waals surface area contributed by atoms with E-state index in [4.69, 9.17) is 13.9 Å². The van der Waals surface area contributed by atoms with Crippen LogP contribution in [0.5, 0.6) is 11.5 Å². The number of rotatable bonds is 5. The van der Waals surface area contributed by atoms with E-state index in [-0.39, 0.29) is 12.5 Å². The van der Waals surface area contributed by atoms with Gasteiger partial charge in [0.05, 0.1) is 17.3 Å². The Hall–Kier alpha value is -2.51. The van der Waals surface area contributed by atoms with Gasteiger partial charge in [-0.25, -0.2) is 0 Å². The fraction of sp³-hybridized carbons (Fsp3) is 0.0952. The van der Waals surface area contributed by atoms with Gasteiger partial charge in [-0.3, -0.25) is 4.79 Å². The van der Waals surface area contributed by atoms with Crippen LogP contribution in [0, 0.1) is 0 Å². The van der Waals surface area contributed by atoms with Crippen LogP contribution in [0.3, 0.4) is 0 Å². The minimum atomic E-state index is -0.302. The third-order valence-corrected chi connectivity index (χ3v) is 5.34. The van der Waals surface area contributed by atoms with E-state index in [9.17, 15) is 4.79 Å². The van der Waals surface area contributed by atoms with Crippen molar-refractivity contribution in [1.82, 2.24) is 0 Å². The standard InChI is InChI=1S/C21H15Br2NO4/c1-26-20-9-14-13-4-2-3-5-17(13)28-19(14)10-16(20)24-21(25)11-27-18-7-6-12(22)8-15(18)23/h2-10H,11H2,1H3,(H,24,25). The van der Waals surface area contributed by atoms with E-state index in [0.717, 1.165) is 25.3 Å². The van der Waals surface area contributed by atoms with Gasteiger partial charge in [-0.05, 0) is 46.3 Å². The fourth-order valence-corrected chi connectivity index (χ4v) is 4.10. The number of anilines is 1. The Balaban J connectivity index is 1.56. The maximum absolute atomic E-state index is 12.4. The van der Waals surface area contributed by atoms with Crippen molar-refractivity contribution in [1.29, 1.82) is 0 Å². The lowest BCUT2D eigenvalue weighted by Crippen LogP contribution is -2.20. The summed E-state index contributed by atoms with van der Waals surface area (Å²) in [5.74, 6) is 0.832. The van der Waals surface area contributed by atoms with Crippen LogP contribution in [0.2, 0.25) is 0 Å². The van der Waals surface area contributed by atoms with Crippen molar-refractivity contribution < 1.29 is 18.7 Å². The number of hydrogen-bond donors (Lipinski definition) is 1. The summed E-state index contributed by atoms with van der Waals surface area (Å²) in [6.45, 7) is -0.137. The Bertz CT molecular complexity index is 1190. The molecule has 0 radical (unpaired) electrons. The molecule has 0 saturated heterocycles. The van der Waals surface area contributed by atoms with Gasteiger partial charge in [-0.15, -0.1) is 0 Å². The predicted molar refractivity (Wildman–Crippen MR) is 116 cm³/mol. The molecule has 0 atom stereocenters. The molecule has 4 aromatic rings. The molecule has 0 saturated carbocycles. The molecule has 0 unspecified atom stereocenters. The number of amides is 1. The van der Waals surface area contributed by atoms with Crippen LogP contribution >= 0.6 is 31.9 Å². The summed E-state index contributed by atoms with van der Waals surface area (Å²) in [7, 11) is 1.56. The molecule has 1 heterocycles. The van der Waals surface area contributed by atoms with Crippen molar-refractivity contribution in [2.24, 2.45) is 0 Å². The highest BCUT2D eigenvalue weighted by Crippen LogP contribution is 2.36. The Morgan fingerprint density at radius 3 is 2.61 bits per heavy atom. The number of hydrogen-bond acceptors (Lipinski definition) is 4. The summed E-state index contributed by atoms with van der Waals surface area (Å²) < 4.78 is 18.6. The van der Waals surface area contributed by atoms with Crippen molar-refractivity contribution in [2.45, 2.75) is 0 Å². The number of benzene rings is 3. The first-order chi connectivity index (χ1) is 13.5. The zero-order valence-corrected chi connectivity index (χ0v) is 18.0. The topological polar surface area (TPSA) is 60.7 Å². The van der Waals surface area contributed by atoms with Gasteiger partial charge in [0, 0.05) is 21.3 Å². The van der Waals surface area contributed by atoms with Crippen LogP contribution in [0.1, 0.15) is 0 Å². The monoisotopic (exact) mass is 503 g/mol. The molecule has 7 heteroatoms. The molecule has 5 nitrogen and oxygen atoms in total. The van der Waals surface area contributed by atoms with Gasteiger partial charge in [-0.2, -0.15) is 0 Å². The number of furan rings is 1. The van der Waals surface area contributed by atoms with E-state index in [1.165, 1.54) is 0 Å². The Labute approximate surface area is 177 Å². The average molecular weight is 505 g/mol. The number of nitrogens with one attached hydrogen (secondary N) is 1. The van der Waals surface area contributed by atoms with Crippen LogP contribution in [-0.2, 0) is 4.79 Å². The first kappa shape index (κ1) is 18.8. The quantitative estimate of drug-likeness (QED) is 0.354. The molecule has 28 heavy (non-hydrogen) atoms. The molecule has 0 bridgehead atoms. The molecule has 4 rings (SSSR count). The maximum atomic E-state index is 12.4. The average Bonchev–Trinajstić information content (AvgIpc) is 3.04. The smallest absolute Gasteiger partial charge is 0.262 e. The molecule has 1 N–H and O–H groups in total. The Morgan fingerprint density at radius 2 is 1.82 bits per heavy atom. The van der Waals surface area contributed by atoms with Crippen LogP contribution in [0.15, 0.2) is 68.0 Å². The molecule has 142 valence electrons. The zero-order valence-electron chi connectivity index (χ0n) is 14.8. The van der Waals surface area contributed by atoms with Gasteiger partial charge >= 0.3 is 0 Å². The van der Waals surface area contributed by atoms with Gasteiger partial charge < -0.3 is 19.2 Å². The summed E-state index contributed by atoms with van der Waals surface area (Å²) in [6, 6.07) is 16.9. The van der Waals surface area contributed by atoms with Crippen molar-refractivity contribution in [3.8, 4) is 11.5 Å². The van der Waals surface area contributed by atoms with Gasteiger partial charge in [0.15, 0.2) is 6.61 Å². The summed E-state index contributed by atoms with van der Waals surface area (Å²) in [6.07, 6.45) is 0. The third-order valence-electron chi connectivity index (χ3n) is 4.23. The highest BCUT2D eigenvalue weighted by atomic mass is 79.9. The highest BCUT2D eigenvalue weighted by Gasteiger charge is 2.14. The number of fused-ring (bicyclic) bond motifs is 3. The number of halogens is 2. The van der Waals surface area contributed by atoms with E-state index >= 15 is 0 Å². The summed E-state index contributed by atoms with van der Waals surface area (Å²) >= 11 is 6.79. The lowest BCUT2D eigenvalue weighted by Gasteiger charge is -2.12. The molecule has 0 aliphatic heterocycles. The largest absolute Gasteiger partial charge is 0.495 e. The summed E-state index contributed by atoms with van der Waals surface area (Å²) in [4.78, 5) is 12.4. The minimum absolute atomic E-state index is 0.137. The van der Waals surface area contributed by atoms with Crippen molar-refractivity contribution >= 4 is 65.4 Å². The number of carbonyl (C=O) groups is 1. The van der Waals surface area contributed by atoms with Crippen LogP contribution in [-0.4, -0.2) is 19.6 Å². The fourth-order valence-electron chi connectivity index (χ4n) is 2.94. The van der Waals surface area contributed by atoms with Gasteiger partial charge in [0.25, 0.3) is 5.91 Å². The van der Waals surface area contributed by atoms with Crippen molar-refractivity contribution in [3.63, 3.8) is 0 Å². The summed E-state index contributed by atoms with van der Waals surface area (Å²) in [5, 5.41) is 4.75. The lowest BCUT2D eigenvalue weighted by atomic mass is 10.1. The SMILES string of the molecule is COc1cc2c(cc1NC(=O)COc1ccc(Br)cc1Br)oc1ccccc12. The Morgan fingerprint density at radius 1 is 1.00 bits per heavy atom. The first-order valence-corrected chi connectivity index (χ1v) is 10.0. The van der Waals surface area contributed by atoms with Crippen LogP contribution < -0.4 is 14.8 Å². The maximum Gasteiger partial charge on any atom is 0.262 e. The number of ether oxygens (including phenoxy) is 2. The van der Waals surface area contributed by atoms with Gasteiger partial charge in [-0.1, -0.05) is 34.1 Å². The number of methoxy groups -OCH3 is 1. The van der Waals surface area contributed by atoms with Crippen molar-refractivity contribution in [2.75, 3.05) is 19.0 Å². The second-order valence-corrected chi connectivity index (χ2v) is 7.83. The second-order valence-electron chi connectivity index (χ2n) is 6.06. The van der Waals surface area contributed by atoms with Gasteiger partial charge in [0.2, 0.25) is 0 Å². The number of carbonyl (C=O) groups excluding carboxylic acids is 1. The Kier molecular flexibility index (Phi) is 5.28. The molecular weight excluding hydrogens is 490 g/mol. The van der Waals surface area contributed by atoms with E-state index in [2.05, 4.69) is 37.2 Å². The van der Waals surface area contributed by atoms with Gasteiger partial charge in [0.1, 0.15) is 22.7 Å². The first-order valence-electron chi connectivity index (χ1n) is 8.42. The second kappa shape index (κ2) is 7.85. The highest BCUT2D eigenvalue weighted by molar-refractivity contribution is 9.11. The molecule has 0 spiro atoms. The zero-order chi connectivity index (χ0) is 19.7. The van der Waals surface area contributed by atoms with Crippen molar-refractivity contribution in [3.05, 3.63) is 63.5 Å². The third kappa shape index (κ3) is 3.72. The molecule has 1 aromatic heterocycles. The predicted octanol–water partition coefficient (Wildman–Crippen LogP) is 6.14. The molecule has 0 fully saturated rings. The molecule has 3 aromatic carbocycles. The molecule has 0 aliphatic rings. The van der Waals surface area contributed by atoms with Crippen LogP contribution in [0.4, 0.5) is 5.69 Å². The minimum Gasteiger partial charge on any atom is -0.495 e. The summed E-state index contributed by atoms with van der Waals surface area (Å²) in [5.41, 5.74) is 1.98. The molecule has 0 aliphatic carbocycles. The van der Waals surface area contributed by atoms with Crippen LogP contribution in [0.25, 0.3) is 21.9 Å². The van der Waals surface area contributed by atoms with E-state index in [0.29, 0.717) is 22.8 Å².